The Morgan fingerprint density at radius 2 is 2.00 bits per heavy atom. The summed E-state index contributed by atoms with van der Waals surface area (Å²) < 4.78 is 22.4. The van der Waals surface area contributed by atoms with Gasteiger partial charge in [-0.25, -0.2) is 8.42 Å². The molecule has 0 saturated heterocycles. The predicted molar refractivity (Wildman–Crippen MR) is 67.2 cm³/mol. The molecule has 0 aromatic heterocycles. The summed E-state index contributed by atoms with van der Waals surface area (Å²) >= 11 is 5.52. The van der Waals surface area contributed by atoms with Crippen LogP contribution < -0.4 is 0 Å². The molecule has 2 nitrogen and oxygen atoms in total. The van der Waals surface area contributed by atoms with Crippen LogP contribution in [0.25, 0.3) is 0 Å². The van der Waals surface area contributed by atoms with E-state index in [0.29, 0.717) is 12.3 Å². The Bertz CT molecular complexity index is 509. The quantitative estimate of drug-likeness (QED) is 0.614. The van der Waals surface area contributed by atoms with E-state index in [1.807, 2.05) is 18.2 Å². The topological polar surface area (TPSA) is 34.1 Å². The summed E-state index contributed by atoms with van der Waals surface area (Å²) in [6, 6.07) is 7.26. The maximum atomic E-state index is 11.2. The summed E-state index contributed by atoms with van der Waals surface area (Å²) in [5, 5.41) is 0. The minimum absolute atomic E-state index is 0.0265. The Morgan fingerprint density at radius 1 is 1.31 bits per heavy atom. The zero-order chi connectivity index (χ0) is 12.0. The summed E-state index contributed by atoms with van der Waals surface area (Å²) in [4.78, 5) is 0. The molecule has 0 spiro atoms. The number of hydrogen-bond acceptors (Lipinski definition) is 2. The SMILES string of the molecule is CS(=O)(=O)Cc1ccccc1C#CCCCl. The Morgan fingerprint density at radius 3 is 2.62 bits per heavy atom. The van der Waals surface area contributed by atoms with Crippen molar-refractivity contribution in [3.63, 3.8) is 0 Å². The Labute approximate surface area is 102 Å². The van der Waals surface area contributed by atoms with Gasteiger partial charge in [-0.3, -0.25) is 0 Å². The van der Waals surface area contributed by atoms with Gasteiger partial charge >= 0.3 is 0 Å². The number of sulfone groups is 1. The van der Waals surface area contributed by atoms with Gasteiger partial charge in [-0.15, -0.1) is 11.6 Å². The monoisotopic (exact) mass is 256 g/mol. The van der Waals surface area contributed by atoms with Crippen molar-refractivity contribution in [2.75, 3.05) is 12.1 Å². The van der Waals surface area contributed by atoms with Crippen molar-refractivity contribution in [3.05, 3.63) is 35.4 Å². The third kappa shape index (κ3) is 4.69. The van der Waals surface area contributed by atoms with E-state index >= 15 is 0 Å². The average Bonchev–Trinajstić information content (AvgIpc) is 2.19. The van der Waals surface area contributed by atoms with Crippen LogP contribution in [0.15, 0.2) is 24.3 Å². The highest BCUT2D eigenvalue weighted by molar-refractivity contribution is 7.89. The molecule has 16 heavy (non-hydrogen) atoms. The lowest BCUT2D eigenvalue weighted by Crippen LogP contribution is -2.02. The number of benzene rings is 1. The predicted octanol–water partition coefficient (Wildman–Crippen LogP) is 2.21. The van der Waals surface area contributed by atoms with E-state index in [4.69, 9.17) is 11.6 Å². The minimum Gasteiger partial charge on any atom is -0.229 e. The van der Waals surface area contributed by atoms with Crippen molar-refractivity contribution in [2.24, 2.45) is 0 Å². The number of halogens is 1. The maximum absolute atomic E-state index is 11.2. The van der Waals surface area contributed by atoms with Gasteiger partial charge in [0.05, 0.1) is 5.75 Å². The normalized spacial score (nSPS) is 10.6. The molecule has 0 radical (unpaired) electrons. The first-order chi connectivity index (χ1) is 7.53. The molecular weight excluding hydrogens is 244 g/mol. The molecule has 1 aromatic carbocycles. The van der Waals surface area contributed by atoms with Crippen LogP contribution in [0.2, 0.25) is 0 Å². The Balaban J connectivity index is 2.98. The second-order valence-corrected chi connectivity index (χ2v) is 5.99. The van der Waals surface area contributed by atoms with E-state index in [1.165, 1.54) is 6.26 Å². The smallest absolute Gasteiger partial charge is 0.151 e. The summed E-state index contributed by atoms with van der Waals surface area (Å²) in [5.41, 5.74) is 1.50. The third-order valence-corrected chi connectivity index (χ3v) is 2.90. The first-order valence-electron chi connectivity index (χ1n) is 4.83. The van der Waals surface area contributed by atoms with Crippen LogP contribution in [0.3, 0.4) is 0 Å². The third-order valence-electron chi connectivity index (χ3n) is 1.88. The van der Waals surface area contributed by atoms with E-state index in [2.05, 4.69) is 11.8 Å². The number of rotatable bonds is 3. The molecule has 0 fully saturated rings. The largest absolute Gasteiger partial charge is 0.229 e. The van der Waals surface area contributed by atoms with E-state index in [9.17, 15) is 8.42 Å². The molecule has 0 atom stereocenters. The molecule has 0 bridgehead atoms. The van der Waals surface area contributed by atoms with E-state index in [0.717, 1.165) is 11.1 Å². The van der Waals surface area contributed by atoms with Gasteiger partial charge in [0.25, 0.3) is 0 Å². The highest BCUT2D eigenvalue weighted by Gasteiger charge is 2.07. The van der Waals surface area contributed by atoms with Crippen LogP contribution >= 0.6 is 11.6 Å². The average molecular weight is 257 g/mol. The van der Waals surface area contributed by atoms with Crippen LogP contribution in [0.4, 0.5) is 0 Å². The molecule has 1 aromatic rings. The van der Waals surface area contributed by atoms with Gasteiger partial charge in [-0.05, 0) is 11.6 Å². The molecule has 0 heterocycles. The van der Waals surface area contributed by atoms with Crippen molar-refractivity contribution in [2.45, 2.75) is 12.2 Å². The van der Waals surface area contributed by atoms with Crippen molar-refractivity contribution in [1.29, 1.82) is 0 Å². The van der Waals surface area contributed by atoms with Crippen LogP contribution in [0.1, 0.15) is 17.5 Å². The fourth-order valence-electron chi connectivity index (χ4n) is 1.26. The highest BCUT2D eigenvalue weighted by Crippen LogP contribution is 2.10. The number of alkyl halides is 1. The van der Waals surface area contributed by atoms with Crippen LogP contribution in [0, 0.1) is 11.8 Å². The van der Waals surface area contributed by atoms with E-state index < -0.39 is 9.84 Å². The van der Waals surface area contributed by atoms with Crippen LogP contribution in [-0.2, 0) is 15.6 Å². The molecule has 0 aliphatic heterocycles. The molecule has 0 N–H and O–H groups in total. The van der Waals surface area contributed by atoms with Crippen molar-refractivity contribution >= 4 is 21.4 Å². The molecule has 0 aliphatic carbocycles. The molecule has 0 unspecified atom stereocenters. The fraction of sp³-hybridized carbons (Fsp3) is 0.333. The van der Waals surface area contributed by atoms with Gasteiger partial charge in [-0.1, -0.05) is 30.0 Å². The lowest BCUT2D eigenvalue weighted by molar-refractivity contribution is 0.601. The number of hydrogen-bond donors (Lipinski definition) is 0. The van der Waals surface area contributed by atoms with Gasteiger partial charge in [-0.2, -0.15) is 0 Å². The Kier molecular flexibility index (Phi) is 4.85. The molecule has 4 heteroatoms. The lowest BCUT2D eigenvalue weighted by Gasteiger charge is -2.02. The molecule has 0 saturated carbocycles. The van der Waals surface area contributed by atoms with Gasteiger partial charge < -0.3 is 0 Å². The van der Waals surface area contributed by atoms with Crippen molar-refractivity contribution in [3.8, 4) is 11.8 Å². The lowest BCUT2D eigenvalue weighted by atomic mass is 10.1. The summed E-state index contributed by atoms with van der Waals surface area (Å²) in [6.07, 6.45) is 1.82. The van der Waals surface area contributed by atoms with Gasteiger partial charge in [0.1, 0.15) is 0 Å². The van der Waals surface area contributed by atoms with Crippen molar-refractivity contribution < 1.29 is 8.42 Å². The molecular formula is C12H13ClO2S. The van der Waals surface area contributed by atoms with E-state index in [-0.39, 0.29) is 5.75 Å². The first-order valence-corrected chi connectivity index (χ1v) is 7.43. The van der Waals surface area contributed by atoms with Gasteiger partial charge in [0, 0.05) is 24.1 Å². The first kappa shape index (κ1) is 13.1. The van der Waals surface area contributed by atoms with Crippen LogP contribution in [0.5, 0.6) is 0 Å². The fourth-order valence-corrected chi connectivity index (χ4v) is 2.17. The van der Waals surface area contributed by atoms with Gasteiger partial charge in [0.2, 0.25) is 0 Å². The summed E-state index contributed by atoms with van der Waals surface area (Å²) in [6.45, 7) is 0. The summed E-state index contributed by atoms with van der Waals surface area (Å²) in [5.74, 6) is 6.35. The maximum Gasteiger partial charge on any atom is 0.151 e. The second-order valence-electron chi connectivity index (χ2n) is 3.47. The van der Waals surface area contributed by atoms with Crippen LogP contribution in [-0.4, -0.2) is 20.6 Å². The Hall–Kier alpha value is -0.980. The standard InChI is InChI=1S/C12H13ClO2S/c1-16(14,15)10-12-8-3-2-6-11(12)7-4-5-9-13/h2-3,6,8H,5,9-10H2,1H3. The second kappa shape index (κ2) is 5.93. The van der Waals surface area contributed by atoms with E-state index in [1.54, 1.807) is 6.07 Å². The summed E-state index contributed by atoms with van der Waals surface area (Å²) in [7, 11) is -3.02. The highest BCUT2D eigenvalue weighted by atomic mass is 35.5. The molecule has 0 amide bonds. The molecule has 1 rings (SSSR count). The molecule has 0 aliphatic rings. The van der Waals surface area contributed by atoms with Crippen molar-refractivity contribution in [1.82, 2.24) is 0 Å². The van der Waals surface area contributed by atoms with Gasteiger partial charge in [0.15, 0.2) is 9.84 Å². The zero-order valence-corrected chi connectivity index (χ0v) is 10.6. The zero-order valence-electron chi connectivity index (χ0n) is 9.03. The minimum atomic E-state index is -3.02. The molecule has 86 valence electrons.